The van der Waals surface area contributed by atoms with Gasteiger partial charge in [-0.05, 0) is 17.7 Å². The molecule has 9 heteroatoms. The zero-order chi connectivity index (χ0) is 16.3. The van der Waals surface area contributed by atoms with Crippen molar-refractivity contribution in [2.75, 3.05) is 6.54 Å². The molecule has 0 saturated carbocycles. The molecule has 1 aliphatic rings. The lowest BCUT2D eigenvalue weighted by Gasteiger charge is -2.37. The van der Waals surface area contributed by atoms with Crippen LogP contribution in [0, 0.1) is 11.3 Å². The van der Waals surface area contributed by atoms with Gasteiger partial charge in [0.05, 0.1) is 18.2 Å². The second-order valence-electron chi connectivity index (χ2n) is 4.42. The molecule has 0 radical (unpaired) electrons. The number of alkyl halides is 2. The van der Waals surface area contributed by atoms with Gasteiger partial charge < -0.3 is 0 Å². The van der Waals surface area contributed by atoms with E-state index in [1.807, 2.05) is 6.07 Å². The number of benzene rings is 1. The second kappa shape index (κ2) is 6.64. The van der Waals surface area contributed by atoms with Crippen LogP contribution in [0.5, 0.6) is 0 Å². The fourth-order valence-electron chi connectivity index (χ4n) is 1.88. The SMILES string of the molecule is N#Cc1ccc(CN2C(=O)NC(=O)CN2C(=O)C(Cl)Cl)cc1. The zero-order valence-electron chi connectivity index (χ0n) is 11.1. The van der Waals surface area contributed by atoms with E-state index in [-0.39, 0.29) is 13.1 Å². The summed E-state index contributed by atoms with van der Waals surface area (Å²) in [6, 6.07) is 7.68. The molecule has 2 rings (SSSR count). The third-order valence-electron chi connectivity index (χ3n) is 2.92. The number of hydrazine groups is 1. The van der Waals surface area contributed by atoms with Gasteiger partial charge in [0.1, 0.15) is 6.54 Å². The maximum Gasteiger partial charge on any atom is 0.343 e. The number of nitrogens with one attached hydrogen (secondary N) is 1. The molecule has 1 aliphatic heterocycles. The van der Waals surface area contributed by atoms with Crippen molar-refractivity contribution < 1.29 is 14.4 Å². The molecule has 22 heavy (non-hydrogen) atoms. The lowest BCUT2D eigenvalue weighted by molar-refractivity contribution is -0.151. The minimum absolute atomic E-state index is 0.0249. The average molecular weight is 341 g/mol. The minimum atomic E-state index is -1.39. The Labute approximate surface area is 136 Å². The van der Waals surface area contributed by atoms with Crippen molar-refractivity contribution in [3.05, 3.63) is 35.4 Å². The lowest BCUT2D eigenvalue weighted by Crippen LogP contribution is -2.62. The first-order valence-electron chi connectivity index (χ1n) is 6.12. The molecule has 1 heterocycles. The summed E-state index contributed by atoms with van der Waals surface area (Å²) in [5.41, 5.74) is 1.14. The third kappa shape index (κ3) is 3.47. The van der Waals surface area contributed by atoms with Crippen molar-refractivity contribution in [1.82, 2.24) is 15.3 Å². The number of hydrogen-bond acceptors (Lipinski definition) is 4. The first-order chi connectivity index (χ1) is 10.4. The highest BCUT2D eigenvalue weighted by atomic mass is 35.5. The topological polar surface area (TPSA) is 93.5 Å². The maximum atomic E-state index is 11.9. The van der Waals surface area contributed by atoms with Crippen LogP contribution < -0.4 is 5.32 Å². The minimum Gasteiger partial charge on any atom is -0.275 e. The zero-order valence-corrected chi connectivity index (χ0v) is 12.6. The van der Waals surface area contributed by atoms with E-state index >= 15 is 0 Å². The molecule has 1 aromatic carbocycles. The Hall–Kier alpha value is -2.30. The van der Waals surface area contributed by atoms with Crippen molar-refractivity contribution in [3.63, 3.8) is 0 Å². The van der Waals surface area contributed by atoms with E-state index in [1.54, 1.807) is 24.3 Å². The molecule has 0 aromatic heterocycles. The molecular formula is C13H10Cl2N4O3. The summed E-state index contributed by atoms with van der Waals surface area (Å²) in [6.45, 7) is -0.326. The van der Waals surface area contributed by atoms with E-state index in [1.165, 1.54) is 0 Å². The molecule has 1 N–H and O–H groups in total. The highest BCUT2D eigenvalue weighted by Gasteiger charge is 2.36. The molecule has 0 aliphatic carbocycles. The van der Waals surface area contributed by atoms with Crippen LogP contribution in [-0.4, -0.2) is 39.2 Å². The Kier molecular flexibility index (Phi) is 4.85. The van der Waals surface area contributed by atoms with Gasteiger partial charge in [-0.1, -0.05) is 35.3 Å². The van der Waals surface area contributed by atoms with Crippen LogP contribution in [0.1, 0.15) is 11.1 Å². The molecular weight excluding hydrogens is 331 g/mol. The standard InChI is InChI=1S/C13H10Cl2N4O3/c14-11(15)12(21)18-7-10(20)17-13(22)19(18)6-9-3-1-8(5-16)2-4-9/h1-4,11H,6-7H2,(H,17,20,22). The number of carbonyl (C=O) groups is 3. The number of hydrogen-bond donors (Lipinski definition) is 1. The van der Waals surface area contributed by atoms with Gasteiger partial charge in [-0.25, -0.2) is 14.8 Å². The summed E-state index contributed by atoms with van der Waals surface area (Å²) in [7, 11) is 0. The lowest BCUT2D eigenvalue weighted by atomic mass is 10.1. The molecule has 7 nitrogen and oxygen atoms in total. The second-order valence-corrected chi connectivity index (χ2v) is 5.51. The number of urea groups is 1. The molecule has 0 spiro atoms. The summed E-state index contributed by atoms with van der Waals surface area (Å²) in [6.07, 6.45) is 0. The average Bonchev–Trinajstić information content (AvgIpc) is 2.49. The monoisotopic (exact) mass is 340 g/mol. The van der Waals surface area contributed by atoms with Crippen LogP contribution in [0.3, 0.4) is 0 Å². The van der Waals surface area contributed by atoms with Crippen LogP contribution >= 0.6 is 23.2 Å². The van der Waals surface area contributed by atoms with E-state index in [9.17, 15) is 14.4 Å². The van der Waals surface area contributed by atoms with Gasteiger partial charge in [0, 0.05) is 0 Å². The maximum absolute atomic E-state index is 11.9. The fraction of sp³-hybridized carbons (Fsp3) is 0.231. The Bertz CT molecular complexity index is 654. The number of nitrogens with zero attached hydrogens (tertiary/aromatic N) is 3. The highest BCUT2D eigenvalue weighted by Crippen LogP contribution is 2.16. The van der Waals surface area contributed by atoms with Gasteiger partial charge >= 0.3 is 6.03 Å². The van der Waals surface area contributed by atoms with E-state index in [4.69, 9.17) is 28.5 Å². The van der Waals surface area contributed by atoms with Gasteiger partial charge in [0.15, 0.2) is 4.84 Å². The molecule has 0 unspecified atom stereocenters. The summed E-state index contributed by atoms with van der Waals surface area (Å²) in [4.78, 5) is 33.9. The van der Waals surface area contributed by atoms with Crippen molar-refractivity contribution in [1.29, 1.82) is 5.26 Å². The van der Waals surface area contributed by atoms with E-state index < -0.39 is 22.7 Å². The number of nitriles is 1. The van der Waals surface area contributed by atoms with Gasteiger partial charge in [-0.15, -0.1) is 0 Å². The summed E-state index contributed by atoms with van der Waals surface area (Å²) >= 11 is 11.1. The Morgan fingerprint density at radius 1 is 1.32 bits per heavy atom. The predicted octanol–water partition coefficient (Wildman–Crippen LogP) is 1.16. The molecule has 1 saturated heterocycles. The van der Waals surface area contributed by atoms with Gasteiger partial charge in [0.25, 0.3) is 5.91 Å². The van der Waals surface area contributed by atoms with Crippen LogP contribution in [0.2, 0.25) is 0 Å². The summed E-state index contributed by atoms with van der Waals surface area (Å²) in [5.74, 6) is -1.39. The number of rotatable bonds is 3. The van der Waals surface area contributed by atoms with E-state index in [2.05, 4.69) is 5.32 Å². The van der Waals surface area contributed by atoms with Crippen molar-refractivity contribution in [2.45, 2.75) is 11.4 Å². The Balaban J connectivity index is 2.23. The summed E-state index contributed by atoms with van der Waals surface area (Å²) in [5, 5.41) is 12.8. The van der Waals surface area contributed by atoms with Crippen LogP contribution in [0.4, 0.5) is 4.79 Å². The van der Waals surface area contributed by atoms with Crippen molar-refractivity contribution >= 4 is 41.0 Å². The van der Waals surface area contributed by atoms with Crippen LogP contribution in [-0.2, 0) is 16.1 Å². The van der Waals surface area contributed by atoms with Gasteiger partial charge in [0.2, 0.25) is 5.91 Å². The van der Waals surface area contributed by atoms with Crippen LogP contribution in [0.15, 0.2) is 24.3 Å². The number of amides is 4. The number of halogens is 2. The smallest absolute Gasteiger partial charge is 0.275 e. The highest BCUT2D eigenvalue weighted by molar-refractivity contribution is 6.53. The summed E-state index contributed by atoms with van der Waals surface area (Å²) < 4.78 is 0. The van der Waals surface area contributed by atoms with Crippen molar-refractivity contribution in [2.24, 2.45) is 0 Å². The Morgan fingerprint density at radius 3 is 2.50 bits per heavy atom. The number of imide groups is 1. The van der Waals surface area contributed by atoms with E-state index in [0.717, 1.165) is 10.0 Å². The van der Waals surface area contributed by atoms with Crippen molar-refractivity contribution in [3.8, 4) is 6.07 Å². The number of carbonyl (C=O) groups excluding carboxylic acids is 3. The first-order valence-corrected chi connectivity index (χ1v) is 6.99. The van der Waals surface area contributed by atoms with Crippen LogP contribution in [0.25, 0.3) is 0 Å². The third-order valence-corrected chi connectivity index (χ3v) is 3.30. The molecule has 0 atom stereocenters. The molecule has 4 amide bonds. The normalized spacial score (nSPS) is 14.8. The van der Waals surface area contributed by atoms with Gasteiger partial charge in [-0.2, -0.15) is 5.26 Å². The first kappa shape index (κ1) is 16.1. The molecule has 1 fully saturated rings. The fourth-order valence-corrected chi connectivity index (χ4v) is 2.10. The van der Waals surface area contributed by atoms with Gasteiger partial charge in [-0.3, -0.25) is 14.9 Å². The quantitative estimate of drug-likeness (QED) is 0.835. The largest absolute Gasteiger partial charge is 0.343 e. The predicted molar refractivity (Wildman–Crippen MR) is 77.4 cm³/mol. The molecule has 0 bridgehead atoms. The molecule has 1 aromatic rings. The molecule has 114 valence electrons. The van der Waals surface area contributed by atoms with E-state index in [0.29, 0.717) is 11.1 Å². The Morgan fingerprint density at radius 2 is 1.95 bits per heavy atom.